The summed E-state index contributed by atoms with van der Waals surface area (Å²) in [6.07, 6.45) is 13.7. The molecule has 0 saturated carbocycles. The highest BCUT2D eigenvalue weighted by Gasteiger charge is 2.40. The maximum absolute atomic E-state index is 2.63. The second-order valence-corrected chi connectivity index (χ2v) is 17.2. The summed E-state index contributed by atoms with van der Waals surface area (Å²) in [6, 6.07) is 71.9. The first-order valence-corrected chi connectivity index (χ1v) is 22.2. The first-order chi connectivity index (χ1) is 31.3. The molecule has 0 spiro atoms. The number of anilines is 1. The van der Waals surface area contributed by atoms with Gasteiger partial charge >= 0.3 is 0 Å². The molecular formula is C60H43N3. The lowest BCUT2D eigenvalue weighted by atomic mass is 9.91. The number of hydrogen-bond acceptors (Lipinski definition) is 1. The Bertz CT molecular complexity index is 3520. The van der Waals surface area contributed by atoms with E-state index in [4.69, 9.17) is 0 Å². The Balaban J connectivity index is 1.04. The zero-order chi connectivity index (χ0) is 41.4. The molecule has 0 amide bonds. The summed E-state index contributed by atoms with van der Waals surface area (Å²) in [7, 11) is 0. The van der Waals surface area contributed by atoms with E-state index in [0.29, 0.717) is 5.92 Å². The number of allylic oxidation sites excluding steroid dienone is 3. The third-order valence-electron chi connectivity index (χ3n) is 13.7. The Hall–Kier alpha value is -7.88. The molecule has 0 saturated heterocycles. The summed E-state index contributed by atoms with van der Waals surface area (Å²) in [5.41, 5.74) is 19.8. The molecule has 1 aliphatic heterocycles. The van der Waals surface area contributed by atoms with Crippen molar-refractivity contribution >= 4 is 44.1 Å². The van der Waals surface area contributed by atoms with Crippen molar-refractivity contribution in [2.45, 2.75) is 24.8 Å². The second kappa shape index (κ2) is 14.4. The quantitative estimate of drug-likeness (QED) is 0.163. The Morgan fingerprint density at radius 1 is 0.413 bits per heavy atom. The molecule has 8 aromatic carbocycles. The third-order valence-corrected chi connectivity index (χ3v) is 13.7. The van der Waals surface area contributed by atoms with Crippen LogP contribution in [-0.2, 0) is 6.42 Å². The van der Waals surface area contributed by atoms with Gasteiger partial charge in [0.05, 0.1) is 34.0 Å². The van der Waals surface area contributed by atoms with Gasteiger partial charge in [0.2, 0.25) is 0 Å². The summed E-state index contributed by atoms with van der Waals surface area (Å²) >= 11 is 0. The lowest BCUT2D eigenvalue weighted by Crippen LogP contribution is -2.33. The third kappa shape index (κ3) is 5.66. The van der Waals surface area contributed by atoms with Crippen molar-refractivity contribution < 1.29 is 0 Å². The van der Waals surface area contributed by atoms with Gasteiger partial charge in [0.15, 0.2) is 0 Å². The summed E-state index contributed by atoms with van der Waals surface area (Å²) in [6.45, 7) is 0. The van der Waals surface area contributed by atoms with Crippen LogP contribution in [0.2, 0.25) is 0 Å². The molecule has 10 aromatic rings. The van der Waals surface area contributed by atoms with Crippen molar-refractivity contribution in [1.29, 1.82) is 0 Å². The van der Waals surface area contributed by atoms with Gasteiger partial charge in [-0.3, -0.25) is 0 Å². The number of hydrogen-bond donors (Lipinski definition) is 0. The molecule has 2 aliphatic carbocycles. The van der Waals surface area contributed by atoms with Crippen LogP contribution in [0.5, 0.6) is 0 Å². The van der Waals surface area contributed by atoms with Crippen LogP contribution in [0.1, 0.15) is 29.2 Å². The Morgan fingerprint density at radius 2 is 1.02 bits per heavy atom. The van der Waals surface area contributed by atoms with Crippen LogP contribution < -0.4 is 4.90 Å². The first-order valence-electron chi connectivity index (χ1n) is 22.2. The largest absolute Gasteiger partial charge is 0.332 e. The lowest BCUT2D eigenvalue weighted by Gasteiger charge is -2.33. The van der Waals surface area contributed by atoms with E-state index in [-0.39, 0.29) is 6.04 Å². The van der Waals surface area contributed by atoms with Crippen LogP contribution in [-0.4, -0.2) is 15.2 Å². The van der Waals surface area contributed by atoms with E-state index in [2.05, 4.69) is 239 Å². The molecule has 3 heteroatoms. The standard InChI is InChI=1S/C60H43N3/c1-3-17-40(18-4-1)42-21-15-22-43(35-42)45-36-44(41-19-5-2-6-20-41)37-47(38-45)61-54-28-11-7-25-50(54)52-34-33-46(39-59(52)61)62-55-29-12-10-26-51(55)53-27-16-32-58(60(53)62)63-56-30-13-8-23-48(56)49-24-9-14-31-57(49)63/h1-15,17-26,28-39,48,56H,16,27H2. The van der Waals surface area contributed by atoms with Crippen LogP contribution in [0.15, 0.2) is 225 Å². The van der Waals surface area contributed by atoms with Crippen molar-refractivity contribution in [1.82, 2.24) is 9.13 Å². The molecule has 298 valence electrons. The van der Waals surface area contributed by atoms with E-state index in [1.54, 1.807) is 0 Å². The maximum Gasteiger partial charge on any atom is 0.0735 e. The molecule has 13 rings (SSSR count). The number of benzene rings is 8. The fourth-order valence-corrected chi connectivity index (χ4v) is 10.9. The number of para-hydroxylation sites is 3. The molecule has 3 heterocycles. The number of aromatic nitrogens is 2. The Morgan fingerprint density at radius 3 is 1.83 bits per heavy atom. The van der Waals surface area contributed by atoms with Gasteiger partial charge in [-0.05, 0) is 112 Å². The molecule has 2 aromatic heterocycles. The van der Waals surface area contributed by atoms with Crippen LogP contribution in [0.3, 0.4) is 0 Å². The molecule has 2 unspecified atom stereocenters. The van der Waals surface area contributed by atoms with Crippen LogP contribution >= 0.6 is 0 Å². The van der Waals surface area contributed by atoms with Crippen LogP contribution in [0.4, 0.5) is 5.69 Å². The normalized spacial score (nSPS) is 16.4. The minimum absolute atomic E-state index is 0.223. The maximum atomic E-state index is 2.63. The fourth-order valence-electron chi connectivity index (χ4n) is 10.9. The minimum Gasteiger partial charge on any atom is -0.332 e. The van der Waals surface area contributed by atoms with Crippen molar-refractivity contribution in [3.05, 3.63) is 241 Å². The average molecular weight is 806 g/mol. The summed E-state index contributed by atoms with van der Waals surface area (Å²) in [5, 5.41) is 3.82. The minimum atomic E-state index is 0.223. The molecule has 63 heavy (non-hydrogen) atoms. The predicted octanol–water partition coefficient (Wildman–Crippen LogP) is 15.1. The van der Waals surface area contributed by atoms with E-state index in [0.717, 1.165) is 24.2 Å². The smallest absolute Gasteiger partial charge is 0.0735 e. The summed E-state index contributed by atoms with van der Waals surface area (Å²) in [4.78, 5) is 2.63. The molecular weight excluding hydrogens is 763 g/mol. The van der Waals surface area contributed by atoms with E-state index in [1.165, 1.54) is 94.3 Å². The lowest BCUT2D eigenvalue weighted by molar-refractivity contribution is 0.741. The predicted molar refractivity (Wildman–Crippen MR) is 264 cm³/mol. The van der Waals surface area contributed by atoms with Gasteiger partial charge in [-0.1, -0.05) is 170 Å². The van der Waals surface area contributed by atoms with Gasteiger partial charge in [0.1, 0.15) is 0 Å². The molecule has 0 fully saturated rings. The molecule has 0 bridgehead atoms. The molecule has 2 atom stereocenters. The van der Waals surface area contributed by atoms with Gasteiger partial charge in [-0.15, -0.1) is 0 Å². The highest BCUT2D eigenvalue weighted by molar-refractivity contribution is 6.10. The van der Waals surface area contributed by atoms with Gasteiger partial charge in [-0.25, -0.2) is 0 Å². The summed E-state index contributed by atoms with van der Waals surface area (Å²) in [5.74, 6) is 0.319. The fraction of sp³-hybridized carbons (Fsp3) is 0.0667. The van der Waals surface area contributed by atoms with E-state index < -0.39 is 0 Å². The first kappa shape index (κ1) is 35.8. The van der Waals surface area contributed by atoms with Crippen LogP contribution in [0, 0.1) is 0 Å². The average Bonchev–Trinajstić information content (AvgIpc) is 4.00. The van der Waals surface area contributed by atoms with Gasteiger partial charge < -0.3 is 14.0 Å². The SMILES string of the molecule is C1=CC2c3ccccc3N(C3=CCCc4c3n(-c3ccc5c6ccccc6n(-c6cc(-c7ccccc7)cc(-c7cccc(-c8ccccc8)c7)c6)c5c3)c3ccccc43)C2C=C1. The molecule has 0 N–H and O–H groups in total. The topological polar surface area (TPSA) is 13.1 Å². The number of fused-ring (bicyclic) bond motifs is 9. The van der Waals surface area contributed by atoms with Gasteiger partial charge in [-0.2, -0.15) is 0 Å². The number of nitrogens with zero attached hydrogens (tertiary/aromatic N) is 3. The highest BCUT2D eigenvalue weighted by Crippen LogP contribution is 2.50. The van der Waals surface area contributed by atoms with Crippen molar-refractivity contribution in [3.63, 3.8) is 0 Å². The van der Waals surface area contributed by atoms with E-state index in [9.17, 15) is 0 Å². The van der Waals surface area contributed by atoms with E-state index >= 15 is 0 Å². The summed E-state index contributed by atoms with van der Waals surface area (Å²) < 4.78 is 5.07. The highest BCUT2D eigenvalue weighted by atomic mass is 15.2. The zero-order valence-corrected chi connectivity index (χ0v) is 34.8. The van der Waals surface area contributed by atoms with Gasteiger partial charge in [0, 0.05) is 39.1 Å². The van der Waals surface area contributed by atoms with E-state index in [1.807, 2.05) is 0 Å². The monoisotopic (exact) mass is 805 g/mol. The number of rotatable bonds is 6. The zero-order valence-electron chi connectivity index (χ0n) is 34.8. The van der Waals surface area contributed by atoms with Gasteiger partial charge in [0.25, 0.3) is 0 Å². The number of aryl methyl sites for hydroxylation is 1. The van der Waals surface area contributed by atoms with Crippen molar-refractivity contribution in [2.75, 3.05) is 4.90 Å². The molecule has 3 aliphatic rings. The van der Waals surface area contributed by atoms with Crippen LogP contribution in [0.25, 0.3) is 83.2 Å². The van der Waals surface area contributed by atoms with Crippen molar-refractivity contribution in [3.8, 4) is 44.8 Å². The van der Waals surface area contributed by atoms with Crippen molar-refractivity contribution in [2.24, 2.45) is 0 Å². The Labute approximate surface area is 367 Å². The second-order valence-electron chi connectivity index (χ2n) is 17.2. The Kier molecular flexibility index (Phi) is 8.17. The molecule has 3 nitrogen and oxygen atoms in total. The molecule has 0 radical (unpaired) electrons.